The molecule has 0 fully saturated rings. The molecule has 1 aliphatic carbocycles. The summed E-state index contributed by atoms with van der Waals surface area (Å²) < 4.78 is 2.01. The fraction of sp³-hybridized carbons (Fsp3) is 0.368. The van der Waals surface area contributed by atoms with Gasteiger partial charge in [-0.1, -0.05) is 42.8 Å². The number of anilines is 1. The molecule has 2 aromatic rings. The Balaban J connectivity index is 1.61. The first-order chi connectivity index (χ1) is 11.7. The number of aromatic nitrogens is 2. The van der Waals surface area contributed by atoms with Gasteiger partial charge < -0.3 is 5.32 Å². The van der Waals surface area contributed by atoms with Gasteiger partial charge in [-0.25, -0.2) is 4.68 Å². The molecule has 2 aliphatic rings. The fourth-order valence-corrected chi connectivity index (χ4v) is 3.50. The van der Waals surface area contributed by atoms with Crippen molar-refractivity contribution in [3.63, 3.8) is 0 Å². The quantitative estimate of drug-likeness (QED) is 0.800. The van der Waals surface area contributed by atoms with E-state index in [9.17, 15) is 0 Å². The number of benzene rings is 1. The first kappa shape index (κ1) is 15.5. The highest BCUT2D eigenvalue weighted by Crippen LogP contribution is 2.32. The van der Waals surface area contributed by atoms with Crippen LogP contribution in [0.1, 0.15) is 26.2 Å². The molecule has 2 heterocycles. The molecule has 4 rings (SSSR count). The summed E-state index contributed by atoms with van der Waals surface area (Å²) in [5.41, 5.74) is 2.14. The van der Waals surface area contributed by atoms with Crippen molar-refractivity contribution in [1.82, 2.24) is 9.78 Å². The molecule has 1 aromatic heterocycles. The number of nitrogens with one attached hydrogen (secondary N) is 1. The van der Waals surface area contributed by atoms with Gasteiger partial charge in [-0.2, -0.15) is 5.10 Å². The Kier molecular flexibility index (Phi) is 4.15. The Morgan fingerprint density at radius 2 is 2.21 bits per heavy atom. The lowest BCUT2D eigenvalue weighted by molar-refractivity contribution is 0.541. The van der Waals surface area contributed by atoms with Gasteiger partial charge in [-0.3, -0.25) is 4.99 Å². The molecule has 2 atom stereocenters. The second kappa shape index (κ2) is 6.44. The van der Waals surface area contributed by atoms with E-state index in [4.69, 9.17) is 16.6 Å². The highest BCUT2D eigenvalue weighted by Gasteiger charge is 2.20. The maximum atomic E-state index is 6.14. The van der Waals surface area contributed by atoms with Crippen molar-refractivity contribution < 1.29 is 0 Å². The average molecular weight is 341 g/mol. The van der Waals surface area contributed by atoms with E-state index in [2.05, 4.69) is 35.6 Å². The summed E-state index contributed by atoms with van der Waals surface area (Å²) in [6.45, 7) is 3.11. The van der Waals surface area contributed by atoms with Crippen LogP contribution in [0.4, 0.5) is 5.82 Å². The number of amidine groups is 1. The predicted octanol–water partition coefficient (Wildman–Crippen LogP) is 4.77. The minimum absolute atomic E-state index is 0.299. The van der Waals surface area contributed by atoms with Crippen molar-refractivity contribution in [3.05, 3.63) is 47.6 Å². The molecule has 0 spiro atoms. The van der Waals surface area contributed by atoms with E-state index in [1.807, 2.05) is 29.1 Å². The molecule has 0 saturated heterocycles. The highest BCUT2D eigenvalue weighted by atomic mass is 35.5. The standard InChI is InChI=1S/C19H21ClN4/c1-13-5-7-16(8-6-13)22-18-9-10-24-19(23-18)17(12-21-24)14-3-2-4-15(20)11-14/h2-5,7,11-13,16H,6,8-10H2,1H3,(H,22,23)/t13-,16+/m0/s1. The zero-order chi connectivity index (χ0) is 16.5. The third-order valence-corrected chi connectivity index (χ3v) is 4.93. The Hall–Kier alpha value is -2.07. The van der Waals surface area contributed by atoms with Gasteiger partial charge in [-0.15, -0.1) is 0 Å². The van der Waals surface area contributed by atoms with Gasteiger partial charge in [0.15, 0.2) is 0 Å². The monoisotopic (exact) mass is 340 g/mol. The van der Waals surface area contributed by atoms with Crippen molar-refractivity contribution in [2.24, 2.45) is 10.9 Å². The van der Waals surface area contributed by atoms with E-state index >= 15 is 0 Å². The fourth-order valence-electron chi connectivity index (χ4n) is 3.31. The summed E-state index contributed by atoms with van der Waals surface area (Å²) >= 11 is 6.14. The lowest BCUT2D eigenvalue weighted by Gasteiger charge is -2.23. The third-order valence-electron chi connectivity index (χ3n) is 4.70. The summed E-state index contributed by atoms with van der Waals surface area (Å²) in [5, 5.41) is 8.73. The summed E-state index contributed by atoms with van der Waals surface area (Å²) in [6.07, 6.45) is 9.66. The smallest absolute Gasteiger partial charge is 0.137 e. The van der Waals surface area contributed by atoms with Crippen LogP contribution in [0.25, 0.3) is 11.1 Å². The van der Waals surface area contributed by atoms with Gasteiger partial charge >= 0.3 is 0 Å². The van der Waals surface area contributed by atoms with Crippen LogP contribution in [0, 0.1) is 5.92 Å². The Morgan fingerprint density at radius 1 is 1.29 bits per heavy atom. The zero-order valence-electron chi connectivity index (χ0n) is 13.7. The molecule has 0 radical (unpaired) electrons. The maximum Gasteiger partial charge on any atom is 0.137 e. The largest absolute Gasteiger partial charge is 0.328 e. The van der Waals surface area contributed by atoms with Crippen LogP contribution >= 0.6 is 11.6 Å². The van der Waals surface area contributed by atoms with Crippen molar-refractivity contribution in [2.45, 2.75) is 38.8 Å². The van der Waals surface area contributed by atoms with E-state index in [0.29, 0.717) is 12.0 Å². The summed E-state index contributed by atoms with van der Waals surface area (Å²) in [6, 6.07) is 8.18. The van der Waals surface area contributed by atoms with Crippen molar-refractivity contribution in [3.8, 4) is 11.1 Å². The molecule has 4 nitrogen and oxygen atoms in total. The van der Waals surface area contributed by atoms with Gasteiger partial charge in [0.25, 0.3) is 0 Å². The number of nitrogens with zero attached hydrogens (tertiary/aromatic N) is 3. The SMILES string of the molecule is C[C@H]1C=C[C@@H](N=C2CCn3ncc(-c4cccc(Cl)c4)c3N2)CC1. The number of aryl methyl sites for hydroxylation is 1. The van der Waals surface area contributed by atoms with Crippen molar-refractivity contribution in [1.29, 1.82) is 0 Å². The molecular weight excluding hydrogens is 320 g/mol. The minimum atomic E-state index is 0.299. The molecule has 1 N–H and O–H groups in total. The van der Waals surface area contributed by atoms with Crippen LogP contribution in [0.15, 0.2) is 47.6 Å². The van der Waals surface area contributed by atoms with E-state index in [1.54, 1.807) is 0 Å². The number of halogens is 1. The Morgan fingerprint density at radius 3 is 3.00 bits per heavy atom. The second-order valence-electron chi connectivity index (χ2n) is 6.60. The molecule has 5 heteroatoms. The van der Waals surface area contributed by atoms with Crippen LogP contribution in [-0.4, -0.2) is 21.7 Å². The van der Waals surface area contributed by atoms with Crippen LogP contribution < -0.4 is 5.32 Å². The predicted molar refractivity (Wildman–Crippen MR) is 99.7 cm³/mol. The van der Waals surface area contributed by atoms with E-state index in [1.165, 1.54) is 6.42 Å². The molecule has 0 amide bonds. The lowest BCUT2D eigenvalue weighted by atomic mass is 9.95. The molecule has 0 bridgehead atoms. The Bertz CT molecular complexity index is 805. The zero-order valence-corrected chi connectivity index (χ0v) is 14.5. The van der Waals surface area contributed by atoms with Crippen molar-refractivity contribution >= 4 is 23.3 Å². The van der Waals surface area contributed by atoms with Crippen LogP contribution in [-0.2, 0) is 6.54 Å². The van der Waals surface area contributed by atoms with E-state index in [-0.39, 0.29) is 0 Å². The first-order valence-corrected chi connectivity index (χ1v) is 8.90. The molecule has 0 saturated carbocycles. The topological polar surface area (TPSA) is 42.2 Å². The molecule has 0 unspecified atom stereocenters. The first-order valence-electron chi connectivity index (χ1n) is 8.53. The van der Waals surface area contributed by atoms with Crippen molar-refractivity contribution in [2.75, 3.05) is 5.32 Å². The normalized spacial score (nSPS) is 24.7. The molecule has 1 aliphatic heterocycles. The average Bonchev–Trinajstić information content (AvgIpc) is 3.00. The Labute approximate surface area is 147 Å². The van der Waals surface area contributed by atoms with Crippen LogP contribution in [0.2, 0.25) is 5.02 Å². The van der Waals surface area contributed by atoms with Gasteiger partial charge in [0.2, 0.25) is 0 Å². The van der Waals surface area contributed by atoms with Gasteiger partial charge in [0.1, 0.15) is 11.7 Å². The molecule has 24 heavy (non-hydrogen) atoms. The van der Waals surface area contributed by atoms with Gasteiger partial charge in [0, 0.05) is 17.0 Å². The summed E-state index contributed by atoms with van der Waals surface area (Å²) in [5.74, 6) is 2.74. The molecule has 124 valence electrons. The number of rotatable bonds is 2. The molecular formula is C19H21ClN4. The summed E-state index contributed by atoms with van der Waals surface area (Å²) in [7, 11) is 0. The van der Waals surface area contributed by atoms with Crippen LogP contribution in [0.5, 0.6) is 0 Å². The third kappa shape index (κ3) is 3.11. The van der Waals surface area contributed by atoms with Gasteiger partial charge in [-0.05, 0) is 36.5 Å². The number of hydrogen-bond donors (Lipinski definition) is 1. The summed E-state index contributed by atoms with van der Waals surface area (Å²) in [4.78, 5) is 4.91. The highest BCUT2D eigenvalue weighted by molar-refractivity contribution is 6.30. The second-order valence-corrected chi connectivity index (χ2v) is 7.03. The minimum Gasteiger partial charge on any atom is -0.328 e. The number of aliphatic imine (C=N–C) groups is 1. The van der Waals surface area contributed by atoms with E-state index < -0.39 is 0 Å². The van der Waals surface area contributed by atoms with Gasteiger partial charge in [0.05, 0.1) is 18.8 Å². The number of fused-ring (bicyclic) bond motifs is 1. The number of hydrogen-bond acceptors (Lipinski definition) is 2. The lowest BCUT2D eigenvalue weighted by Crippen LogP contribution is -2.26. The van der Waals surface area contributed by atoms with E-state index in [0.717, 1.165) is 47.2 Å². The molecule has 1 aromatic carbocycles. The number of allylic oxidation sites excluding steroid dienone is 1. The maximum absolute atomic E-state index is 6.14. The van der Waals surface area contributed by atoms with Crippen LogP contribution in [0.3, 0.4) is 0 Å².